The van der Waals surface area contributed by atoms with Crippen LogP contribution < -0.4 is 15.4 Å². The van der Waals surface area contributed by atoms with Crippen molar-refractivity contribution < 1.29 is 14.3 Å². The van der Waals surface area contributed by atoms with Crippen molar-refractivity contribution in [1.82, 2.24) is 25.1 Å². The second-order valence-electron chi connectivity index (χ2n) is 8.23. The van der Waals surface area contributed by atoms with E-state index in [-0.39, 0.29) is 18.0 Å². The number of rotatable bonds is 10. The molecule has 1 saturated carbocycles. The Kier molecular flexibility index (Phi) is 7.21. The maximum Gasteiger partial charge on any atom is 0.302 e. The molecule has 0 spiro atoms. The minimum absolute atomic E-state index is 0.0532. The number of para-hydroxylation sites is 1. The molecule has 1 amide bonds. The first-order valence-electron chi connectivity index (χ1n) is 11.3. The second kappa shape index (κ2) is 10.3. The van der Waals surface area contributed by atoms with Crippen LogP contribution in [0.2, 0.25) is 0 Å². The molecule has 168 valence electrons. The first-order valence-corrected chi connectivity index (χ1v) is 11.3. The lowest BCUT2D eigenvalue weighted by Crippen LogP contribution is -2.50. The number of benzene rings is 1. The zero-order valence-corrected chi connectivity index (χ0v) is 18.4. The van der Waals surface area contributed by atoms with Crippen LogP contribution in [-0.2, 0) is 16.1 Å². The highest BCUT2D eigenvalue weighted by Crippen LogP contribution is 2.36. The summed E-state index contributed by atoms with van der Waals surface area (Å²) in [6.07, 6.45) is 4.63. The molecule has 2 aromatic rings. The van der Waals surface area contributed by atoms with Gasteiger partial charge in [-0.1, -0.05) is 18.2 Å². The number of nitrogens with zero attached hydrogens (tertiary/aromatic N) is 3. The van der Waals surface area contributed by atoms with E-state index in [2.05, 4.69) is 17.6 Å². The predicted octanol–water partition coefficient (Wildman–Crippen LogP) is 2.33. The van der Waals surface area contributed by atoms with Crippen molar-refractivity contribution >= 4 is 5.91 Å². The molecule has 2 N–H and O–H groups in total. The number of nitrogens with one attached hydrogen (secondary N) is 2. The molecule has 2 fully saturated rings. The normalized spacial score (nSPS) is 19.7. The maximum absolute atomic E-state index is 13.3. The topological polar surface area (TPSA) is 80.7 Å². The van der Waals surface area contributed by atoms with Gasteiger partial charge in [-0.25, -0.2) is 0 Å². The Morgan fingerprint density at radius 2 is 2.19 bits per heavy atom. The summed E-state index contributed by atoms with van der Waals surface area (Å²) in [5.41, 5.74) is 0.847. The number of imidazole rings is 1. The fraction of sp³-hybridized carbons (Fsp3) is 0.565. The molecular formula is C23H33N5O3. The molecule has 8 heteroatoms. The molecular weight excluding hydrogens is 394 g/mol. The first-order chi connectivity index (χ1) is 15.2. The number of ether oxygens (including phenoxy) is 2. The van der Waals surface area contributed by atoms with Gasteiger partial charge in [-0.3, -0.25) is 4.79 Å². The standard InChI is InChI=1S/C23H33N5O3/c1-17(28(18-9-10-18)22(29)21-15-25-12-14-30-21)20-16-27(13-6-11-24-2)23(26-20)31-19-7-4-3-5-8-19/h3-5,7-8,16-18,21,24-25H,6,9-15H2,1-2H3/t17-,21-/m1/s1. The molecule has 2 aliphatic rings. The van der Waals surface area contributed by atoms with Crippen molar-refractivity contribution in [3.05, 3.63) is 42.2 Å². The number of carbonyl (C=O) groups is 1. The molecule has 0 unspecified atom stereocenters. The Morgan fingerprint density at radius 3 is 2.87 bits per heavy atom. The van der Waals surface area contributed by atoms with Crippen LogP contribution in [0.25, 0.3) is 0 Å². The molecule has 2 heterocycles. The molecule has 8 nitrogen and oxygen atoms in total. The van der Waals surface area contributed by atoms with Crippen molar-refractivity contribution in [2.45, 2.75) is 50.9 Å². The molecule has 1 aliphatic heterocycles. The van der Waals surface area contributed by atoms with Gasteiger partial charge >= 0.3 is 6.01 Å². The Hall–Kier alpha value is -2.42. The molecule has 0 bridgehead atoms. The third-order valence-corrected chi connectivity index (χ3v) is 5.78. The molecule has 1 aromatic heterocycles. The summed E-state index contributed by atoms with van der Waals surface area (Å²) < 4.78 is 13.9. The van der Waals surface area contributed by atoms with Gasteiger partial charge in [-0.2, -0.15) is 4.98 Å². The van der Waals surface area contributed by atoms with Crippen LogP contribution in [0.15, 0.2) is 36.5 Å². The fourth-order valence-corrected chi connectivity index (χ4v) is 3.95. The van der Waals surface area contributed by atoms with Crippen LogP contribution >= 0.6 is 0 Å². The Bertz CT molecular complexity index is 846. The zero-order chi connectivity index (χ0) is 21.6. The van der Waals surface area contributed by atoms with Gasteiger partial charge in [0.25, 0.3) is 5.91 Å². The molecule has 1 aliphatic carbocycles. The van der Waals surface area contributed by atoms with Crippen molar-refractivity contribution in [2.75, 3.05) is 33.3 Å². The van der Waals surface area contributed by atoms with Gasteiger partial charge in [0.05, 0.1) is 18.3 Å². The van der Waals surface area contributed by atoms with E-state index in [4.69, 9.17) is 14.5 Å². The van der Waals surface area contributed by atoms with Crippen LogP contribution in [0.1, 0.15) is 37.9 Å². The van der Waals surface area contributed by atoms with E-state index >= 15 is 0 Å². The number of hydrogen-bond donors (Lipinski definition) is 2. The van der Waals surface area contributed by atoms with Crippen LogP contribution in [-0.4, -0.2) is 65.8 Å². The molecule has 1 saturated heterocycles. The minimum atomic E-state index is -0.422. The molecule has 0 radical (unpaired) electrons. The number of carbonyl (C=O) groups excluding carboxylic acids is 1. The van der Waals surface area contributed by atoms with E-state index in [9.17, 15) is 4.79 Å². The Morgan fingerprint density at radius 1 is 1.39 bits per heavy atom. The van der Waals surface area contributed by atoms with Gasteiger partial charge in [-0.15, -0.1) is 0 Å². The average molecular weight is 428 g/mol. The predicted molar refractivity (Wildman–Crippen MR) is 118 cm³/mol. The van der Waals surface area contributed by atoms with Crippen molar-refractivity contribution in [3.8, 4) is 11.8 Å². The molecule has 31 heavy (non-hydrogen) atoms. The quantitative estimate of drug-likeness (QED) is 0.567. The summed E-state index contributed by atoms with van der Waals surface area (Å²) in [6, 6.07) is 10.4. The summed E-state index contributed by atoms with van der Waals surface area (Å²) in [6.45, 7) is 5.68. The second-order valence-corrected chi connectivity index (χ2v) is 8.23. The summed E-state index contributed by atoms with van der Waals surface area (Å²) >= 11 is 0. The van der Waals surface area contributed by atoms with Crippen LogP contribution in [0.5, 0.6) is 11.8 Å². The summed E-state index contributed by atoms with van der Waals surface area (Å²) in [5, 5.41) is 6.44. The molecule has 4 rings (SSSR count). The van der Waals surface area contributed by atoms with Crippen molar-refractivity contribution in [2.24, 2.45) is 0 Å². The van der Waals surface area contributed by atoms with E-state index in [1.807, 2.05) is 53.0 Å². The lowest BCUT2D eigenvalue weighted by Gasteiger charge is -2.33. The van der Waals surface area contributed by atoms with E-state index < -0.39 is 6.10 Å². The van der Waals surface area contributed by atoms with Crippen LogP contribution in [0.3, 0.4) is 0 Å². The van der Waals surface area contributed by atoms with Crippen LogP contribution in [0, 0.1) is 0 Å². The number of aromatic nitrogens is 2. The van der Waals surface area contributed by atoms with Crippen molar-refractivity contribution in [1.29, 1.82) is 0 Å². The van der Waals surface area contributed by atoms with E-state index in [0.29, 0.717) is 19.2 Å². The van der Waals surface area contributed by atoms with E-state index in [1.165, 1.54) is 0 Å². The molecule has 2 atom stereocenters. The van der Waals surface area contributed by atoms with E-state index in [1.54, 1.807) is 0 Å². The zero-order valence-electron chi connectivity index (χ0n) is 18.4. The average Bonchev–Trinajstić information content (AvgIpc) is 3.56. The minimum Gasteiger partial charge on any atom is -0.426 e. The lowest BCUT2D eigenvalue weighted by atomic mass is 10.1. The number of morpholine rings is 1. The third kappa shape index (κ3) is 5.44. The lowest BCUT2D eigenvalue weighted by molar-refractivity contribution is -0.148. The van der Waals surface area contributed by atoms with Crippen molar-refractivity contribution in [3.63, 3.8) is 0 Å². The van der Waals surface area contributed by atoms with Gasteiger partial charge in [0.2, 0.25) is 0 Å². The summed E-state index contributed by atoms with van der Waals surface area (Å²) in [5.74, 6) is 0.802. The number of amides is 1. The summed E-state index contributed by atoms with van der Waals surface area (Å²) in [7, 11) is 1.95. The van der Waals surface area contributed by atoms with E-state index in [0.717, 1.165) is 50.3 Å². The highest BCUT2D eigenvalue weighted by atomic mass is 16.5. The van der Waals surface area contributed by atoms with Gasteiger partial charge in [0.1, 0.15) is 11.9 Å². The highest BCUT2D eigenvalue weighted by molar-refractivity contribution is 5.82. The fourth-order valence-electron chi connectivity index (χ4n) is 3.95. The monoisotopic (exact) mass is 427 g/mol. The highest BCUT2D eigenvalue weighted by Gasteiger charge is 2.40. The number of aryl methyl sites for hydroxylation is 1. The third-order valence-electron chi connectivity index (χ3n) is 5.78. The number of hydrogen-bond acceptors (Lipinski definition) is 6. The Labute approximate surface area is 183 Å². The SMILES string of the molecule is CNCCCn1cc([C@@H](C)N(C(=O)[C@H]2CNCCO2)C2CC2)nc1Oc1ccccc1. The Balaban J connectivity index is 1.55. The van der Waals surface area contributed by atoms with Gasteiger partial charge in [0, 0.05) is 31.9 Å². The largest absolute Gasteiger partial charge is 0.426 e. The van der Waals surface area contributed by atoms with Gasteiger partial charge in [0.15, 0.2) is 0 Å². The maximum atomic E-state index is 13.3. The smallest absolute Gasteiger partial charge is 0.302 e. The van der Waals surface area contributed by atoms with Gasteiger partial charge < -0.3 is 29.6 Å². The first kappa shape index (κ1) is 21.8. The van der Waals surface area contributed by atoms with Gasteiger partial charge in [-0.05, 0) is 51.9 Å². The molecule has 1 aromatic carbocycles. The summed E-state index contributed by atoms with van der Waals surface area (Å²) in [4.78, 5) is 20.1. The van der Waals surface area contributed by atoms with Crippen LogP contribution in [0.4, 0.5) is 0 Å².